The molecule has 1 aromatic heterocycles. The number of sulfonamides is 1. The smallest absolute Gasteiger partial charge is 0.243 e. The number of hydrogen-bond donors (Lipinski definition) is 1. The molecule has 0 spiro atoms. The second-order valence-corrected chi connectivity index (χ2v) is 8.89. The van der Waals surface area contributed by atoms with E-state index in [4.69, 9.17) is 4.74 Å². The minimum absolute atomic E-state index is 0.0238. The molecular formula is C19H23N3O3S. The molecule has 6 nitrogen and oxygen atoms in total. The zero-order valence-electron chi connectivity index (χ0n) is 14.7. The Hall–Kier alpha value is -1.96. The first kappa shape index (κ1) is 17.5. The molecule has 26 heavy (non-hydrogen) atoms. The highest BCUT2D eigenvalue weighted by Crippen LogP contribution is 2.36. The van der Waals surface area contributed by atoms with E-state index in [0.29, 0.717) is 24.6 Å². The number of rotatable bonds is 5. The SMILES string of the molecule is Cc1ccccc1S(=O)(=O)N1C[C@H]2[C@H](CNc3ccccn3)CO[C@H]2C1. The highest BCUT2D eigenvalue weighted by Gasteiger charge is 2.47. The maximum Gasteiger partial charge on any atom is 0.243 e. The number of nitrogens with zero attached hydrogens (tertiary/aromatic N) is 2. The molecule has 138 valence electrons. The molecular weight excluding hydrogens is 350 g/mol. The van der Waals surface area contributed by atoms with Crippen molar-refractivity contribution in [2.24, 2.45) is 11.8 Å². The van der Waals surface area contributed by atoms with Gasteiger partial charge in [-0.25, -0.2) is 13.4 Å². The number of pyridine rings is 1. The molecule has 0 radical (unpaired) electrons. The van der Waals surface area contributed by atoms with Crippen LogP contribution in [0, 0.1) is 18.8 Å². The molecule has 0 aliphatic carbocycles. The number of anilines is 1. The molecule has 2 aromatic rings. The first-order valence-electron chi connectivity index (χ1n) is 8.88. The minimum atomic E-state index is -3.48. The summed E-state index contributed by atoms with van der Waals surface area (Å²) in [5.74, 6) is 1.32. The van der Waals surface area contributed by atoms with E-state index in [1.807, 2.05) is 37.3 Å². The zero-order chi connectivity index (χ0) is 18.1. The maximum absolute atomic E-state index is 13.0. The molecule has 2 aliphatic heterocycles. The number of aryl methyl sites for hydroxylation is 1. The number of fused-ring (bicyclic) bond motifs is 1. The van der Waals surface area contributed by atoms with E-state index in [0.717, 1.165) is 17.9 Å². The van der Waals surface area contributed by atoms with Crippen molar-refractivity contribution in [2.75, 3.05) is 31.6 Å². The number of hydrogen-bond acceptors (Lipinski definition) is 5. The Labute approximate surface area is 154 Å². The lowest BCUT2D eigenvalue weighted by molar-refractivity contribution is 0.104. The third-order valence-corrected chi connectivity index (χ3v) is 7.32. The topological polar surface area (TPSA) is 71.5 Å². The van der Waals surface area contributed by atoms with Gasteiger partial charge in [0.2, 0.25) is 10.0 Å². The van der Waals surface area contributed by atoms with E-state index in [1.54, 1.807) is 22.6 Å². The first-order valence-corrected chi connectivity index (χ1v) is 10.3. The molecule has 0 bridgehead atoms. The molecule has 3 atom stereocenters. The van der Waals surface area contributed by atoms with Crippen LogP contribution in [0.2, 0.25) is 0 Å². The van der Waals surface area contributed by atoms with Gasteiger partial charge in [0.25, 0.3) is 0 Å². The van der Waals surface area contributed by atoms with E-state index in [1.165, 1.54) is 0 Å². The number of ether oxygens (including phenoxy) is 1. The second-order valence-electron chi connectivity index (χ2n) is 6.98. The zero-order valence-corrected chi connectivity index (χ0v) is 15.5. The molecule has 3 heterocycles. The molecule has 0 saturated carbocycles. The third-order valence-electron chi connectivity index (χ3n) is 5.33. The van der Waals surface area contributed by atoms with Crippen molar-refractivity contribution in [3.8, 4) is 0 Å². The van der Waals surface area contributed by atoms with Crippen LogP contribution in [0.4, 0.5) is 5.82 Å². The van der Waals surface area contributed by atoms with Gasteiger partial charge < -0.3 is 10.1 Å². The predicted octanol–water partition coefficient (Wildman–Crippen LogP) is 2.14. The standard InChI is InChI=1S/C19H23N3O3S/c1-14-6-2-3-7-18(14)26(23,24)22-11-16-15(13-25-17(16)12-22)10-21-19-8-4-5-9-20-19/h2-9,15-17H,10-13H2,1H3,(H,20,21)/t15-,16+,17+/m1/s1. The van der Waals surface area contributed by atoms with Gasteiger partial charge in [0.1, 0.15) is 5.82 Å². The summed E-state index contributed by atoms with van der Waals surface area (Å²) in [6.07, 6.45) is 1.73. The summed E-state index contributed by atoms with van der Waals surface area (Å²) in [6.45, 7) is 4.17. The summed E-state index contributed by atoms with van der Waals surface area (Å²) in [5.41, 5.74) is 0.777. The van der Waals surface area contributed by atoms with Crippen molar-refractivity contribution < 1.29 is 13.2 Å². The van der Waals surface area contributed by atoms with Crippen LogP contribution in [-0.2, 0) is 14.8 Å². The largest absolute Gasteiger partial charge is 0.376 e. The fraction of sp³-hybridized carbons (Fsp3) is 0.421. The molecule has 0 amide bonds. The first-order chi connectivity index (χ1) is 12.6. The van der Waals surface area contributed by atoms with Crippen LogP contribution in [0.1, 0.15) is 5.56 Å². The molecule has 2 aliphatic rings. The summed E-state index contributed by atoms with van der Waals surface area (Å²) in [6, 6.07) is 12.9. The summed E-state index contributed by atoms with van der Waals surface area (Å²) in [5, 5.41) is 3.33. The lowest BCUT2D eigenvalue weighted by Gasteiger charge is -2.21. The van der Waals surface area contributed by atoms with Crippen LogP contribution in [0.25, 0.3) is 0 Å². The summed E-state index contributed by atoms with van der Waals surface area (Å²) < 4.78 is 33.5. The second kappa shape index (κ2) is 6.98. The fourth-order valence-electron chi connectivity index (χ4n) is 3.86. The Morgan fingerprint density at radius 1 is 1.19 bits per heavy atom. The van der Waals surface area contributed by atoms with Gasteiger partial charge in [-0.15, -0.1) is 0 Å². The van der Waals surface area contributed by atoms with Crippen LogP contribution in [0.15, 0.2) is 53.6 Å². The van der Waals surface area contributed by atoms with Crippen LogP contribution < -0.4 is 5.32 Å². The Balaban J connectivity index is 1.45. The van der Waals surface area contributed by atoms with Gasteiger partial charge in [-0.2, -0.15) is 4.31 Å². The van der Waals surface area contributed by atoms with E-state index in [-0.39, 0.29) is 17.9 Å². The summed E-state index contributed by atoms with van der Waals surface area (Å²) in [4.78, 5) is 4.66. The molecule has 1 N–H and O–H groups in total. The molecule has 2 saturated heterocycles. The van der Waals surface area contributed by atoms with Crippen LogP contribution in [-0.4, -0.2) is 50.1 Å². The van der Waals surface area contributed by atoms with Gasteiger partial charge in [0.05, 0.1) is 17.6 Å². The minimum Gasteiger partial charge on any atom is -0.376 e. The molecule has 7 heteroatoms. The highest BCUT2D eigenvalue weighted by molar-refractivity contribution is 7.89. The Morgan fingerprint density at radius 3 is 2.77 bits per heavy atom. The molecule has 1 aromatic carbocycles. The van der Waals surface area contributed by atoms with Gasteiger partial charge in [0.15, 0.2) is 0 Å². The van der Waals surface area contributed by atoms with Crippen LogP contribution in [0.3, 0.4) is 0 Å². The maximum atomic E-state index is 13.0. The number of aromatic nitrogens is 1. The predicted molar refractivity (Wildman–Crippen MR) is 99.4 cm³/mol. The quantitative estimate of drug-likeness (QED) is 0.869. The van der Waals surface area contributed by atoms with Crippen molar-refractivity contribution in [1.29, 1.82) is 0 Å². The highest BCUT2D eigenvalue weighted by atomic mass is 32.2. The van der Waals surface area contributed by atoms with E-state index >= 15 is 0 Å². The summed E-state index contributed by atoms with van der Waals surface area (Å²) in [7, 11) is -3.48. The van der Waals surface area contributed by atoms with Gasteiger partial charge in [-0.1, -0.05) is 24.3 Å². The average molecular weight is 373 g/mol. The van der Waals surface area contributed by atoms with Crippen molar-refractivity contribution in [2.45, 2.75) is 17.9 Å². The molecule has 0 unspecified atom stereocenters. The normalized spacial score (nSPS) is 26.0. The number of benzene rings is 1. The Kier molecular flexibility index (Phi) is 4.69. The van der Waals surface area contributed by atoms with Gasteiger partial charge in [-0.3, -0.25) is 0 Å². The lowest BCUT2D eigenvalue weighted by Crippen LogP contribution is -2.32. The lowest BCUT2D eigenvalue weighted by atomic mass is 9.93. The fourth-order valence-corrected chi connectivity index (χ4v) is 5.57. The summed E-state index contributed by atoms with van der Waals surface area (Å²) >= 11 is 0. The molecule has 2 fully saturated rings. The van der Waals surface area contributed by atoms with E-state index in [2.05, 4.69) is 10.3 Å². The number of nitrogens with one attached hydrogen (secondary N) is 1. The third kappa shape index (κ3) is 3.22. The Bertz CT molecular complexity index is 873. The van der Waals surface area contributed by atoms with Gasteiger partial charge in [-0.05, 0) is 30.7 Å². The van der Waals surface area contributed by atoms with Crippen LogP contribution >= 0.6 is 0 Å². The van der Waals surface area contributed by atoms with Gasteiger partial charge >= 0.3 is 0 Å². The molecule has 4 rings (SSSR count). The van der Waals surface area contributed by atoms with Crippen molar-refractivity contribution in [3.63, 3.8) is 0 Å². The van der Waals surface area contributed by atoms with E-state index in [9.17, 15) is 8.42 Å². The van der Waals surface area contributed by atoms with Crippen LogP contribution in [0.5, 0.6) is 0 Å². The van der Waals surface area contributed by atoms with Crippen molar-refractivity contribution in [3.05, 3.63) is 54.2 Å². The monoisotopic (exact) mass is 373 g/mol. The van der Waals surface area contributed by atoms with E-state index < -0.39 is 10.0 Å². The van der Waals surface area contributed by atoms with Crippen molar-refractivity contribution in [1.82, 2.24) is 9.29 Å². The van der Waals surface area contributed by atoms with Gasteiger partial charge in [0, 0.05) is 37.7 Å². The van der Waals surface area contributed by atoms with Crippen molar-refractivity contribution >= 4 is 15.8 Å². The Morgan fingerprint density at radius 2 is 2.00 bits per heavy atom. The average Bonchev–Trinajstić information content (AvgIpc) is 3.22.